The molecule has 112 valence electrons. The summed E-state index contributed by atoms with van der Waals surface area (Å²) in [6, 6.07) is 3.81. The van der Waals surface area contributed by atoms with Gasteiger partial charge >= 0.3 is 0 Å². The quantitative estimate of drug-likeness (QED) is 0.822. The molecule has 2 unspecified atom stereocenters. The van der Waals surface area contributed by atoms with Crippen LogP contribution in [0, 0.1) is 5.92 Å². The molecule has 2 atom stereocenters. The van der Waals surface area contributed by atoms with Gasteiger partial charge in [-0.25, -0.2) is 13.1 Å². The smallest absolute Gasteiger partial charge is 0.211 e. The molecule has 1 saturated carbocycles. The van der Waals surface area contributed by atoms with Crippen molar-refractivity contribution < 1.29 is 8.42 Å². The highest BCUT2D eigenvalue weighted by Gasteiger charge is 2.23. The van der Waals surface area contributed by atoms with Gasteiger partial charge in [0.1, 0.15) is 0 Å². The Hall–Kier alpha value is -0.980. The molecule has 3 N–H and O–H groups in total. The molecule has 0 spiro atoms. The molecule has 0 amide bonds. The van der Waals surface area contributed by atoms with Crippen LogP contribution in [0.3, 0.4) is 0 Å². The van der Waals surface area contributed by atoms with Crippen LogP contribution in [-0.4, -0.2) is 31.7 Å². The Morgan fingerprint density at radius 3 is 2.65 bits per heavy atom. The van der Waals surface area contributed by atoms with Crippen molar-refractivity contribution in [3.63, 3.8) is 0 Å². The summed E-state index contributed by atoms with van der Waals surface area (Å²) in [6.45, 7) is 0.472. The van der Waals surface area contributed by atoms with Gasteiger partial charge in [-0.1, -0.05) is 12.8 Å². The van der Waals surface area contributed by atoms with E-state index >= 15 is 0 Å². The average molecular weight is 297 g/mol. The molecule has 0 aromatic carbocycles. The first-order valence-electron chi connectivity index (χ1n) is 7.19. The molecular weight excluding hydrogens is 274 g/mol. The van der Waals surface area contributed by atoms with Crippen molar-refractivity contribution in [3.05, 3.63) is 30.1 Å². The van der Waals surface area contributed by atoms with Crippen molar-refractivity contribution >= 4 is 10.0 Å². The molecule has 1 aromatic rings. The summed E-state index contributed by atoms with van der Waals surface area (Å²) in [5, 5.41) is 0. The predicted molar refractivity (Wildman–Crippen MR) is 79.7 cm³/mol. The summed E-state index contributed by atoms with van der Waals surface area (Å²) >= 11 is 0. The van der Waals surface area contributed by atoms with Gasteiger partial charge in [-0.2, -0.15) is 0 Å². The van der Waals surface area contributed by atoms with E-state index in [0.29, 0.717) is 13.0 Å². The molecular formula is C14H23N3O2S. The van der Waals surface area contributed by atoms with Gasteiger partial charge in [0, 0.05) is 25.0 Å². The van der Waals surface area contributed by atoms with E-state index in [9.17, 15) is 8.42 Å². The van der Waals surface area contributed by atoms with Crippen LogP contribution in [0.15, 0.2) is 24.5 Å². The lowest BCUT2D eigenvalue weighted by molar-refractivity contribution is 0.308. The highest BCUT2D eigenvalue weighted by atomic mass is 32.2. The van der Waals surface area contributed by atoms with Crippen LogP contribution in [0.5, 0.6) is 0 Å². The monoisotopic (exact) mass is 297 g/mol. The van der Waals surface area contributed by atoms with Gasteiger partial charge in [0.05, 0.1) is 5.75 Å². The van der Waals surface area contributed by atoms with Crippen molar-refractivity contribution in [1.82, 2.24) is 9.71 Å². The first kappa shape index (κ1) is 15.4. The van der Waals surface area contributed by atoms with Gasteiger partial charge < -0.3 is 5.73 Å². The Kier molecular flexibility index (Phi) is 5.51. The number of aryl methyl sites for hydroxylation is 1. The second kappa shape index (κ2) is 7.15. The minimum absolute atomic E-state index is 0.110. The zero-order chi connectivity index (χ0) is 14.4. The fraction of sp³-hybridized carbons (Fsp3) is 0.643. The standard InChI is InChI=1S/C14H23N3O2S/c15-14-4-2-1-3-13(14)11-17-20(18,19)10-7-12-5-8-16-9-6-12/h5-6,8-9,13-14,17H,1-4,7,10-11,15H2. The lowest BCUT2D eigenvalue weighted by Crippen LogP contribution is -2.41. The number of hydrogen-bond acceptors (Lipinski definition) is 4. The first-order chi connectivity index (χ1) is 9.57. The second-order valence-electron chi connectivity index (χ2n) is 5.48. The molecule has 1 aliphatic rings. The number of nitrogens with two attached hydrogens (primary N) is 1. The Bertz CT molecular complexity index is 504. The van der Waals surface area contributed by atoms with Crippen LogP contribution in [0.1, 0.15) is 31.2 Å². The van der Waals surface area contributed by atoms with Crippen LogP contribution in [0.2, 0.25) is 0 Å². The summed E-state index contributed by atoms with van der Waals surface area (Å²) in [4.78, 5) is 3.92. The number of rotatable bonds is 6. The van der Waals surface area contributed by atoms with E-state index in [1.54, 1.807) is 12.4 Å². The molecule has 6 heteroatoms. The number of pyridine rings is 1. The van der Waals surface area contributed by atoms with Gasteiger partial charge in [-0.3, -0.25) is 4.98 Å². The lowest BCUT2D eigenvalue weighted by atomic mass is 9.85. The molecule has 1 heterocycles. The van der Waals surface area contributed by atoms with E-state index in [1.165, 1.54) is 0 Å². The maximum atomic E-state index is 12.0. The van der Waals surface area contributed by atoms with E-state index in [0.717, 1.165) is 31.2 Å². The lowest BCUT2D eigenvalue weighted by Gasteiger charge is -2.28. The van der Waals surface area contributed by atoms with Crippen LogP contribution in [0.4, 0.5) is 0 Å². The van der Waals surface area contributed by atoms with Crippen LogP contribution in [-0.2, 0) is 16.4 Å². The third-order valence-electron chi connectivity index (χ3n) is 3.94. The number of aromatic nitrogens is 1. The fourth-order valence-electron chi connectivity index (χ4n) is 2.60. The minimum Gasteiger partial charge on any atom is -0.327 e. The summed E-state index contributed by atoms with van der Waals surface area (Å²) in [7, 11) is -3.23. The molecule has 0 radical (unpaired) electrons. The van der Waals surface area contributed by atoms with E-state index in [-0.39, 0.29) is 17.7 Å². The van der Waals surface area contributed by atoms with Gasteiger partial charge in [0.2, 0.25) is 10.0 Å². The Morgan fingerprint density at radius 1 is 1.25 bits per heavy atom. The molecule has 2 rings (SSSR count). The second-order valence-corrected chi connectivity index (χ2v) is 7.41. The van der Waals surface area contributed by atoms with E-state index < -0.39 is 10.0 Å². The van der Waals surface area contributed by atoms with Gasteiger partial charge in [0.25, 0.3) is 0 Å². The Balaban J connectivity index is 1.79. The average Bonchev–Trinajstić information content (AvgIpc) is 2.46. The van der Waals surface area contributed by atoms with Gasteiger partial charge in [-0.05, 0) is 42.9 Å². The predicted octanol–water partition coefficient (Wildman–Crippen LogP) is 1.06. The van der Waals surface area contributed by atoms with E-state index in [4.69, 9.17) is 5.73 Å². The summed E-state index contributed by atoms with van der Waals surface area (Å²) in [5.41, 5.74) is 7.02. The van der Waals surface area contributed by atoms with Gasteiger partial charge in [-0.15, -0.1) is 0 Å². The molecule has 0 bridgehead atoms. The SMILES string of the molecule is NC1CCCCC1CNS(=O)(=O)CCc1ccncc1. The normalized spacial score (nSPS) is 23.6. The number of sulfonamides is 1. The van der Waals surface area contributed by atoms with Gasteiger partial charge in [0.15, 0.2) is 0 Å². The van der Waals surface area contributed by atoms with Crippen LogP contribution >= 0.6 is 0 Å². The van der Waals surface area contributed by atoms with Crippen molar-refractivity contribution in [1.29, 1.82) is 0 Å². The molecule has 1 aromatic heterocycles. The van der Waals surface area contributed by atoms with Crippen molar-refractivity contribution in [2.24, 2.45) is 11.7 Å². The molecule has 0 saturated heterocycles. The molecule has 20 heavy (non-hydrogen) atoms. The summed E-state index contributed by atoms with van der Waals surface area (Å²) in [5.74, 6) is 0.387. The van der Waals surface area contributed by atoms with Crippen LogP contribution in [0.25, 0.3) is 0 Å². The molecule has 0 aliphatic heterocycles. The summed E-state index contributed by atoms with van der Waals surface area (Å²) in [6.07, 6.45) is 8.20. The Morgan fingerprint density at radius 2 is 1.95 bits per heavy atom. The summed E-state index contributed by atoms with van der Waals surface area (Å²) < 4.78 is 26.7. The third-order valence-corrected chi connectivity index (χ3v) is 5.29. The maximum Gasteiger partial charge on any atom is 0.211 e. The van der Waals surface area contributed by atoms with E-state index in [1.807, 2.05) is 12.1 Å². The zero-order valence-electron chi connectivity index (χ0n) is 11.7. The Labute approximate surface area is 121 Å². The highest BCUT2D eigenvalue weighted by Crippen LogP contribution is 2.22. The van der Waals surface area contributed by atoms with Crippen molar-refractivity contribution in [3.8, 4) is 0 Å². The molecule has 5 nitrogen and oxygen atoms in total. The van der Waals surface area contributed by atoms with E-state index in [2.05, 4.69) is 9.71 Å². The van der Waals surface area contributed by atoms with Crippen LogP contribution < -0.4 is 10.5 Å². The third kappa shape index (κ3) is 4.85. The number of hydrogen-bond donors (Lipinski definition) is 2. The zero-order valence-corrected chi connectivity index (χ0v) is 12.5. The van der Waals surface area contributed by atoms with Crippen molar-refractivity contribution in [2.45, 2.75) is 38.1 Å². The number of nitrogens with one attached hydrogen (secondary N) is 1. The number of nitrogens with zero attached hydrogens (tertiary/aromatic N) is 1. The topological polar surface area (TPSA) is 85.1 Å². The largest absolute Gasteiger partial charge is 0.327 e. The fourth-order valence-corrected chi connectivity index (χ4v) is 3.71. The maximum absolute atomic E-state index is 12.0. The van der Waals surface area contributed by atoms with Crippen molar-refractivity contribution in [2.75, 3.05) is 12.3 Å². The molecule has 1 fully saturated rings. The molecule has 1 aliphatic carbocycles. The first-order valence-corrected chi connectivity index (χ1v) is 8.84. The minimum atomic E-state index is -3.23. The highest BCUT2D eigenvalue weighted by molar-refractivity contribution is 7.89.